The predicted octanol–water partition coefficient (Wildman–Crippen LogP) is 3.64. The third kappa shape index (κ3) is 3.09. The monoisotopic (exact) mass is 217 g/mol. The average Bonchev–Trinajstić information content (AvgIpc) is 2.38. The van der Waals surface area contributed by atoms with E-state index in [1.54, 1.807) is 0 Å². The van der Waals surface area contributed by atoms with Crippen LogP contribution in [0.25, 0.3) is 0 Å². The van der Waals surface area contributed by atoms with Gasteiger partial charge >= 0.3 is 0 Å². The first-order valence-corrected chi connectivity index (χ1v) is 6.12. The smallest absolute Gasteiger partial charge is 0.119 e. The van der Waals surface area contributed by atoms with E-state index in [4.69, 9.17) is 10.1 Å². The van der Waals surface area contributed by atoms with Gasteiger partial charge in [-0.05, 0) is 48.6 Å². The minimum Gasteiger partial charge on any atom is -0.493 e. The molecule has 0 bridgehead atoms. The Morgan fingerprint density at radius 1 is 1.12 bits per heavy atom. The molecule has 1 aromatic carbocycles. The largest absolute Gasteiger partial charge is 0.493 e. The van der Waals surface area contributed by atoms with Crippen LogP contribution in [0, 0.1) is 11.3 Å². The van der Waals surface area contributed by atoms with Gasteiger partial charge in [0.1, 0.15) is 5.75 Å². The van der Waals surface area contributed by atoms with E-state index in [0.717, 1.165) is 23.8 Å². The second kappa shape index (κ2) is 5.69. The zero-order chi connectivity index (χ0) is 11.2. The quantitative estimate of drug-likeness (QED) is 0.767. The van der Waals surface area contributed by atoms with Crippen LogP contribution >= 0.6 is 0 Å². The molecule has 0 radical (unpaired) electrons. The van der Waals surface area contributed by atoms with Crippen LogP contribution in [0.15, 0.2) is 24.3 Å². The van der Waals surface area contributed by atoms with Crippen molar-refractivity contribution < 1.29 is 4.74 Å². The number of benzene rings is 1. The van der Waals surface area contributed by atoms with Crippen molar-refractivity contribution in [1.82, 2.24) is 0 Å². The summed E-state index contributed by atoms with van der Waals surface area (Å²) in [6.45, 7) is 0.851. The summed E-state index contributed by atoms with van der Waals surface area (Å²) >= 11 is 0. The van der Waals surface area contributed by atoms with Gasteiger partial charge in [-0.25, -0.2) is 0 Å². The molecule has 1 aliphatic rings. The lowest BCUT2D eigenvalue weighted by atomic mass is 9.90. The molecule has 0 heterocycles. The summed E-state index contributed by atoms with van der Waals surface area (Å²) in [6, 6.07) is 7.73. The van der Waals surface area contributed by atoms with E-state index in [2.05, 4.69) is 0 Å². The van der Waals surface area contributed by atoms with Crippen LogP contribution < -0.4 is 4.74 Å². The lowest BCUT2D eigenvalue weighted by molar-refractivity contribution is 0.209. The summed E-state index contributed by atoms with van der Waals surface area (Å²) in [5.41, 5.74) is 0.921. The first kappa shape index (κ1) is 11.2. The fourth-order valence-electron chi connectivity index (χ4n) is 2.23. The minimum atomic E-state index is 0.746. The van der Waals surface area contributed by atoms with E-state index in [-0.39, 0.29) is 0 Å². The molecule has 0 aliphatic heterocycles. The highest BCUT2D eigenvalue weighted by molar-refractivity contribution is 5.76. The highest BCUT2D eigenvalue weighted by Crippen LogP contribution is 2.24. The van der Waals surface area contributed by atoms with E-state index in [9.17, 15) is 0 Å². The summed E-state index contributed by atoms with van der Waals surface area (Å²) in [5, 5.41) is 7.11. The standard InChI is InChI=1S/C14H19NO/c15-10-12-6-8-14(9-7-12)16-11-13-4-2-1-3-5-13/h6-10,13,15H,1-5,11H2. The van der Waals surface area contributed by atoms with Crippen molar-refractivity contribution in [3.05, 3.63) is 29.8 Å². The number of ether oxygens (including phenoxy) is 1. The van der Waals surface area contributed by atoms with Crippen LogP contribution in [0.5, 0.6) is 5.75 Å². The van der Waals surface area contributed by atoms with Crippen molar-refractivity contribution in [2.75, 3.05) is 6.61 Å². The molecule has 0 saturated heterocycles. The fourth-order valence-corrected chi connectivity index (χ4v) is 2.23. The van der Waals surface area contributed by atoms with Gasteiger partial charge in [-0.15, -0.1) is 0 Å². The van der Waals surface area contributed by atoms with E-state index in [1.807, 2.05) is 24.3 Å². The number of hydrogen-bond acceptors (Lipinski definition) is 2. The third-order valence-corrected chi connectivity index (χ3v) is 3.26. The van der Waals surface area contributed by atoms with Crippen molar-refractivity contribution in [2.24, 2.45) is 5.92 Å². The van der Waals surface area contributed by atoms with Gasteiger partial charge in [-0.3, -0.25) is 0 Å². The maximum absolute atomic E-state index is 7.11. The van der Waals surface area contributed by atoms with Crippen molar-refractivity contribution in [3.8, 4) is 5.75 Å². The molecule has 16 heavy (non-hydrogen) atoms. The van der Waals surface area contributed by atoms with E-state index < -0.39 is 0 Å². The molecule has 1 fully saturated rings. The molecule has 0 atom stereocenters. The highest BCUT2D eigenvalue weighted by atomic mass is 16.5. The van der Waals surface area contributed by atoms with Crippen LogP contribution in [0.2, 0.25) is 0 Å². The zero-order valence-corrected chi connectivity index (χ0v) is 9.61. The van der Waals surface area contributed by atoms with Crippen LogP contribution in [-0.4, -0.2) is 12.8 Å². The molecule has 1 saturated carbocycles. The topological polar surface area (TPSA) is 33.1 Å². The number of nitrogens with one attached hydrogen (secondary N) is 1. The van der Waals surface area contributed by atoms with Crippen LogP contribution in [-0.2, 0) is 0 Å². The molecule has 1 N–H and O–H groups in total. The fraction of sp³-hybridized carbons (Fsp3) is 0.500. The molecule has 0 spiro atoms. The normalized spacial score (nSPS) is 17.0. The van der Waals surface area contributed by atoms with Crippen molar-refractivity contribution in [3.63, 3.8) is 0 Å². The zero-order valence-electron chi connectivity index (χ0n) is 9.61. The molecular formula is C14H19NO. The number of rotatable bonds is 4. The molecule has 2 nitrogen and oxygen atoms in total. The third-order valence-electron chi connectivity index (χ3n) is 3.26. The van der Waals surface area contributed by atoms with Gasteiger partial charge in [0.25, 0.3) is 0 Å². The van der Waals surface area contributed by atoms with E-state index in [0.29, 0.717) is 0 Å². The lowest BCUT2D eigenvalue weighted by Gasteiger charge is -2.21. The Kier molecular flexibility index (Phi) is 3.97. The van der Waals surface area contributed by atoms with Gasteiger partial charge in [-0.1, -0.05) is 19.3 Å². The molecule has 1 aliphatic carbocycles. The second-order valence-electron chi connectivity index (χ2n) is 4.53. The summed E-state index contributed by atoms with van der Waals surface area (Å²) in [4.78, 5) is 0. The minimum absolute atomic E-state index is 0.746. The van der Waals surface area contributed by atoms with E-state index in [1.165, 1.54) is 38.3 Å². The summed E-state index contributed by atoms with van der Waals surface area (Å²) in [6.07, 6.45) is 8.11. The highest BCUT2D eigenvalue weighted by Gasteiger charge is 2.13. The summed E-state index contributed by atoms with van der Waals surface area (Å²) in [5.74, 6) is 1.67. The Labute approximate surface area is 97.1 Å². The Bertz CT molecular complexity index is 325. The molecule has 0 unspecified atom stereocenters. The van der Waals surface area contributed by atoms with Gasteiger partial charge in [-0.2, -0.15) is 0 Å². The average molecular weight is 217 g/mol. The van der Waals surface area contributed by atoms with Gasteiger partial charge in [0.2, 0.25) is 0 Å². The van der Waals surface area contributed by atoms with E-state index >= 15 is 0 Å². The Hall–Kier alpha value is -1.31. The van der Waals surface area contributed by atoms with Gasteiger partial charge in [0.15, 0.2) is 0 Å². The van der Waals surface area contributed by atoms with Gasteiger partial charge in [0, 0.05) is 6.21 Å². The maximum atomic E-state index is 7.11. The Morgan fingerprint density at radius 3 is 2.44 bits per heavy atom. The Morgan fingerprint density at radius 2 is 1.81 bits per heavy atom. The van der Waals surface area contributed by atoms with Crippen molar-refractivity contribution >= 4 is 6.21 Å². The van der Waals surface area contributed by atoms with Crippen LogP contribution in [0.4, 0.5) is 0 Å². The number of hydrogen-bond donors (Lipinski definition) is 1. The molecular weight excluding hydrogens is 198 g/mol. The lowest BCUT2D eigenvalue weighted by Crippen LogP contribution is -2.15. The second-order valence-corrected chi connectivity index (χ2v) is 4.53. The summed E-state index contributed by atoms with van der Waals surface area (Å²) < 4.78 is 5.77. The maximum Gasteiger partial charge on any atom is 0.119 e. The first-order valence-electron chi connectivity index (χ1n) is 6.12. The van der Waals surface area contributed by atoms with Crippen LogP contribution in [0.1, 0.15) is 37.7 Å². The molecule has 2 heteroatoms. The molecule has 0 amide bonds. The van der Waals surface area contributed by atoms with Crippen molar-refractivity contribution in [2.45, 2.75) is 32.1 Å². The van der Waals surface area contributed by atoms with Crippen molar-refractivity contribution in [1.29, 1.82) is 5.41 Å². The van der Waals surface area contributed by atoms with Crippen LogP contribution in [0.3, 0.4) is 0 Å². The summed E-state index contributed by atoms with van der Waals surface area (Å²) in [7, 11) is 0. The first-order chi connectivity index (χ1) is 7.88. The predicted molar refractivity (Wildman–Crippen MR) is 66.4 cm³/mol. The Balaban J connectivity index is 1.81. The molecule has 1 aromatic rings. The SMILES string of the molecule is N=Cc1ccc(OCC2CCCCC2)cc1. The molecule has 0 aromatic heterocycles. The van der Waals surface area contributed by atoms with Gasteiger partial charge in [0.05, 0.1) is 6.61 Å². The van der Waals surface area contributed by atoms with Gasteiger partial charge < -0.3 is 10.1 Å². The molecule has 86 valence electrons. The molecule has 2 rings (SSSR count).